The zero-order valence-electron chi connectivity index (χ0n) is 16.5. The topological polar surface area (TPSA) is 38.8 Å². The Labute approximate surface area is 166 Å². The summed E-state index contributed by atoms with van der Waals surface area (Å²) >= 11 is 0. The van der Waals surface area contributed by atoms with Gasteiger partial charge in [-0.25, -0.2) is 0 Å². The predicted molar refractivity (Wildman–Crippen MR) is 111 cm³/mol. The highest BCUT2D eigenvalue weighted by atomic mass is 16.5. The van der Waals surface area contributed by atoms with Crippen molar-refractivity contribution in [2.75, 3.05) is 21.3 Å². The van der Waals surface area contributed by atoms with Crippen LogP contribution in [0.3, 0.4) is 0 Å². The Balaban J connectivity index is 1.81. The van der Waals surface area contributed by atoms with Crippen LogP contribution in [0.15, 0.2) is 72.8 Å². The van der Waals surface area contributed by atoms with Gasteiger partial charge < -0.3 is 14.4 Å². The van der Waals surface area contributed by atoms with E-state index in [-0.39, 0.29) is 5.91 Å². The fraction of sp³-hybridized carbons (Fsp3) is 0.208. The maximum atomic E-state index is 13.1. The molecule has 0 fully saturated rings. The minimum atomic E-state index is -0.00981. The summed E-state index contributed by atoms with van der Waals surface area (Å²) in [6.07, 6.45) is 0.725. The van der Waals surface area contributed by atoms with Crippen molar-refractivity contribution >= 4 is 5.91 Å². The third-order valence-corrected chi connectivity index (χ3v) is 4.73. The van der Waals surface area contributed by atoms with E-state index in [1.165, 1.54) is 5.56 Å². The van der Waals surface area contributed by atoms with Crippen LogP contribution in [-0.2, 0) is 13.0 Å². The van der Waals surface area contributed by atoms with E-state index < -0.39 is 0 Å². The largest absolute Gasteiger partial charge is 0.497 e. The minimum absolute atomic E-state index is 0.00981. The molecular weight excluding hydrogens is 350 g/mol. The molecule has 0 aliphatic rings. The van der Waals surface area contributed by atoms with Crippen molar-refractivity contribution in [1.29, 1.82) is 0 Å². The van der Waals surface area contributed by atoms with Gasteiger partial charge in [0.2, 0.25) is 0 Å². The smallest absolute Gasteiger partial charge is 0.254 e. The van der Waals surface area contributed by atoms with Gasteiger partial charge in [-0.1, -0.05) is 48.5 Å². The lowest BCUT2D eigenvalue weighted by Crippen LogP contribution is -2.27. The highest BCUT2D eigenvalue weighted by Gasteiger charge is 2.17. The third kappa shape index (κ3) is 4.52. The summed E-state index contributed by atoms with van der Waals surface area (Å²) in [6, 6.07) is 23.6. The van der Waals surface area contributed by atoms with Crippen molar-refractivity contribution < 1.29 is 14.3 Å². The molecule has 0 saturated heterocycles. The van der Waals surface area contributed by atoms with Crippen LogP contribution in [-0.4, -0.2) is 32.1 Å². The first-order valence-electron chi connectivity index (χ1n) is 9.20. The van der Waals surface area contributed by atoms with Crippen molar-refractivity contribution in [3.8, 4) is 11.5 Å². The molecule has 0 radical (unpaired) electrons. The van der Waals surface area contributed by atoms with Gasteiger partial charge in [0.15, 0.2) is 0 Å². The van der Waals surface area contributed by atoms with Crippen LogP contribution in [0.4, 0.5) is 0 Å². The first-order valence-corrected chi connectivity index (χ1v) is 9.20. The van der Waals surface area contributed by atoms with E-state index >= 15 is 0 Å². The number of hydrogen-bond acceptors (Lipinski definition) is 3. The molecule has 3 aromatic carbocycles. The van der Waals surface area contributed by atoms with Crippen molar-refractivity contribution in [3.63, 3.8) is 0 Å². The van der Waals surface area contributed by atoms with E-state index in [9.17, 15) is 4.79 Å². The van der Waals surface area contributed by atoms with Gasteiger partial charge in [0.05, 0.1) is 14.2 Å². The number of methoxy groups -OCH3 is 2. The van der Waals surface area contributed by atoms with Crippen molar-refractivity contribution in [2.45, 2.75) is 13.0 Å². The molecule has 0 bridgehead atoms. The normalized spacial score (nSPS) is 10.4. The summed E-state index contributed by atoms with van der Waals surface area (Å²) in [7, 11) is 5.05. The van der Waals surface area contributed by atoms with Gasteiger partial charge in [0.25, 0.3) is 5.91 Å². The molecule has 0 N–H and O–H groups in total. The van der Waals surface area contributed by atoms with Crippen LogP contribution in [0.1, 0.15) is 27.0 Å². The second kappa shape index (κ2) is 9.09. The first-order chi connectivity index (χ1) is 13.6. The molecule has 28 heavy (non-hydrogen) atoms. The van der Waals surface area contributed by atoms with E-state index in [4.69, 9.17) is 9.47 Å². The Kier molecular flexibility index (Phi) is 6.33. The molecule has 0 heterocycles. The summed E-state index contributed by atoms with van der Waals surface area (Å²) in [4.78, 5) is 14.9. The molecule has 0 saturated carbocycles. The molecule has 0 spiro atoms. The van der Waals surface area contributed by atoms with Crippen LogP contribution in [0, 0.1) is 0 Å². The predicted octanol–water partition coefficient (Wildman–Crippen LogP) is 4.57. The van der Waals surface area contributed by atoms with Gasteiger partial charge in [-0.2, -0.15) is 0 Å². The molecular formula is C24H25NO3. The Bertz CT molecular complexity index is 938. The standard InChI is InChI=1S/C24H25NO3/c1-25(17-20-13-14-21(27-2)16-23(20)28-3)24(26)22-12-8-7-11-19(22)15-18-9-5-4-6-10-18/h4-14,16H,15,17H2,1-3H3. The monoisotopic (exact) mass is 375 g/mol. The summed E-state index contributed by atoms with van der Waals surface area (Å²) in [5.74, 6) is 1.42. The number of amides is 1. The fourth-order valence-corrected chi connectivity index (χ4v) is 3.21. The third-order valence-electron chi connectivity index (χ3n) is 4.73. The van der Waals surface area contributed by atoms with E-state index in [0.717, 1.165) is 28.9 Å². The zero-order chi connectivity index (χ0) is 19.9. The van der Waals surface area contributed by atoms with Gasteiger partial charge in [0, 0.05) is 30.8 Å². The van der Waals surface area contributed by atoms with Crippen LogP contribution < -0.4 is 9.47 Å². The van der Waals surface area contributed by atoms with Gasteiger partial charge in [-0.3, -0.25) is 4.79 Å². The number of rotatable bonds is 7. The van der Waals surface area contributed by atoms with E-state index in [0.29, 0.717) is 12.3 Å². The van der Waals surface area contributed by atoms with Gasteiger partial charge in [0.1, 0.15) is 11.5 Å². The van der Waals surface area contributed by atoms with E-state index in [1.54, 1.807) is 19.1 Å². The molecule has 3 aromatic rings. The average molecular weight is 375 g/mol. The van der Waals surface area contributed by atoms with Crippen LogP contribution >= 0.6 is 0 Å². The number of carbonyl (C=O) groups excluding carboxylic acids is 1. The quantitative estimate of drug-likeness (QED) is 0.607. The molecule has 3 rings (SSSR count). The molecule has 0 aliphatic carbocycles. The first kappa shape index (κ1) is 19.5. The van der Waals surface area contributed by atoms with Crippen molar-refractivity contribution in [2.24, 2.45) is 0 Å². The average Bonchev–Trinajstić information content (AvgIpc) is 2.74. The summed E-state index contributed by atoms with van der Waals surface area (Å²) in [5, 5.41) is 0. The molecule has 4 nitrogen and oxygen atoms in total. The van der Waals surface area contributed by atoms with Gasteiger partial charge in [-0.05, 0) is 35.7 Å². The van der Waals surface area contributed by atoms with Crippen LogP contribution in [0.5, 0.6) is 11.5 Å². The Morgan fingerprint density at radius 3 is 2.29 bits per heavy atom. The maximum absolute atomic E-state index is 13.1. The van der Waals surface area contributed by atoms with Crippen LogP contribution in [0.25, 0.3) is 0 Å². The molecule has 0 aliphatic heterocycles. The Morgan fingerprint density at radius 1 is 0.857 bits per heavy atom. The lowest BCUT2D eigenvalue weighted by molar-refractivity contribution is 0.0783. The summed E-state index contributed by atoms with van der Waals surface area (Å²) < 4.78 is 10.7. The number of benzene rings is 3. The van der Waals surface area contributed by atoms with Gasteiger partial charge in [-0.15, -0.1) is 0 Å². The van der Waals surface area contributed by atoms with Crippen LogP contribution in [0.2, 0.25) is 0 Å². The molecule has 0 unspecified atom stereocenters. The lowest BCUT2D eigenvalue weighted by Gasteiger charge is -2.21. The number of nitrogens with zero attached hydrogens (tertiary/aromatic N) is 1. The molecule has 144 valence electrons. The number of carbonyl (C=O) groups is 1. The summed E-state index contributed by atoms with van der Waals surface area (Å²) in [5.41, 5.74) is 3.86. The molecule has 0 aromatic heterocycles. The SMILES string of the molecule is COc1ccc(CN(C)C(=O)c2ccccc2Cc2ccccc2)c(OC)c1. The number of hydrogen-bond donors (Lipinski definition) is 0. The molecule has 1 amide bonds. The highest BCUT2D eigenvalue weighted by molar-refractivity contribution is 5.95. The molecule has 0 atom stereocenters. The second-order valence-corrected chi connectivity index (χ2v) is 6.66. The summed E-state index contributed by atoms with van der Waals surface area (Å²) in [6.45, 7) is 0.450. The van der Waals surface area contributed by atoms with Gasteiger partial charge >= 0.3 is 0 Å². The highest BCUT2D eigenvalue weighted by Crippen LogP contribution is 2.26. The lowest BCUT2D eigenvalue weighted by atomic mass is 9.99. The molecule has 4 heteroatoms. The Hall–Kier alpha value is -3.27. The second-order valence-electron chi connectivity index (χ2n) is 6.66. The van der Waals surface area contributed by atoms with E-state index in [1.807, 2.05) is 67.7 Å². The minimum Gasteiger partial charge on any atom is -0.497 e. The van der Waals surface area contributed by atoms with E-state index in [2.05, 4.69) is 12.1 Å². The number of ether oxygens (including phenoxy) is 2. The Morgan fingerprint density at radius 2 is 1.57 bits per heavy atom. The maximum Gasteiger partial charge on any atom is 0.254 e. The fourth-order valence-electron chi connectivity index (χ4n) is 3.21. The van der Waals surface area contributed by atoms with Crippen molar-refractivity contribution in [1.82, 2.24) is 4.90 Å². The zero-order valence-corrected chi connectivity index (χ0v) is 16.5. The van der Waals surface area contributed by atoms with Crippen molar-refractivity contribution in [3.05, 3.63) is 95.1 Å².